The number of hydrogen-bond acceptors (Lipinski definition) is 4. The molecule has 0 saturated heterocycles. The lowest BCUT2D eigenvalue weighted by molar-refractivity contribution is -0.115. The molecule has 0 bridgehead atoms. The van der Waals surface area contributed by atoms with E-state index >= 15 is 0 Å². The van der Waals surface area contributed by atoms with Gasteiger partial charge in [0, 0.05) is 5.69 Å². The number of pyridine rings is 1. The van der Waals surface area contributed by atoms with Crippen molar-refractivity contribution < 1.29 is 9.53 Å². The number of carbonyl (C=O) groups is 1. The lowest BCUT2D eigenvalue weighted by Gasteiger charge is -2.13. The van der Waals surface area contributed by atoms with Gasteiger partial charge < -0.3 is 15.4 Å². The van der Waals surface area contributed by atoms with Crippen LogP contribution in [0.2, 0.25) is 0 Å². The first kappa shape index (κ1) is 18.5. The topological polar surface area (TPSA) is 63.2 Å². The molecule has 3 rings (SSSR count). The third-order valence-electron chi connectivity index (χ3n) is 4.31. The first-order valence-electron chi connectivity index (χ1n) is 8.77. The average Bonchev–Trinajstić information content (AvgIpc) is 2.67. The molecule has 5 heteroatoms. The Hall–Kier alpha value is -3.34. The zero-order valence-electron chi connectivity index (χ0n) is 15.7. The van der Waals surface area contributed by atoms with Crippen LogP contribution in [-0.4, -0.2) is 18.0 Å². The number of nitrogens with zero attached hydrogens (tertiary/aromatic N) is 1. The van der Waals surface area contributed by atoms with Gasteiger partial charge in [-0.25, -0.2) is 4.98 Å². The zero-order valence-corrected chi connectivity index (χ0v) is 15.7. The SMILES string of the molecule is COc1ccc(CC(=O)Nc2ccc(Nc3c(C)cccc3C)cn2)cc1. The van der Waals surface area contributed by atoms with Crippen LogP contribution < -0.4 is 15.4 Å². The molecule has 0 aliphatic heterocycles. The normalized spacial score (nSPS) is 10.3. The summed E-state index contributed by atoms with van der Waals surface area (Å²) in [6.45, 7) is 4.13. The summed E-state index contributed by atoms with van der Waals surface area (Å²) in [4.78, 5) is 16.5. The van der Waals surface area contributed by atoms with Gasteiger partial charge in [0.05, 0.1) is 25.4 Å². The van der Waals surface area contributed by atoms with E-state index in [0.29, 0.717) is 5.82 Å². The minimum absolute atomic E-state index is 0.108. The summed E-state index contributed by atoms with van der Waals surface area (Å²) < 4.78 is 5.12. The lowest BCUT2D eigenvalue weighted by Crippen LogP contribution is -2.15. The molecule has 0 saturated carbocycles. The van der Waals surface area contributed by atoms with Crippen molar-refractivity contribution in [2.45, 2.75) is 20.3 Å². The van der Waals surface area contributed by atoms with Gasteiger partial charge in [0.25, 0.3) is 0 Å². The highest BCUT2D eigenvalue weighted by molar-refractivity contribution is 5.91. The van der Waals surface area contributed by atoms with E-state index in [0.717, 1.165) is 22.7 Å². The molecule has 0 unspecified atom stereocenters. The Kier molecular flexibility index (Phi) is 5.71. The highest BCUT2D eigenvalue weighted by atomic mass is 16.5. The van der Waals surface area contributed by atoms with Crippen LogP contribution in [0.25, 0.3) is 0 Å². The molecule has 5 nitrogen and oxygen atoms in total. The maximum absolute atomic E-state index is 12.2. The second kappa shape index (κ2) is 8.36. The number of nitrogens with one attached hydrogen (secondary N) is 2. The van der Waals surface area contributed by atoms with Crippen molar-refractivity contribution >= 4 is 23.1 Å². The molecule has 0 aliphatic carbocycles. The Morgan fingerprint density at radius 1 is 1.00 bits per heavy atom. The molecule has 0 atom stereocenters. The van der Waals surface area contributed by atoms with Crippen LogP contribution in [0.15, 0.2) is 60.8 Å². The number of ether oxygens (including phenoxy) is 1. The minimum atomic E-state index is -0.108. The van der Waals surface area contributed by atoms with Gasteiger partial charge in [-0.15, -0.1) is 0 Å². The van der Waals surface area contributed by atoms with Crippen molar-refractivity contribution in [3.05, 3.63) is 77.5 Å². The van der Waals surface area contributed by atoms with Crippen molar-refractivity contribution in [2.75, 3.05) is 17.7 Å². The van der Waals surface area contributed by atoms with Crippen LogP contribution in [0.1, 0.15) is 16.7 Å². The molecule has 1 amide bonds. The summed E-state index contributed by atoms with van der Waals surface area (Å²) in [7, 11) is 1.62. The smallest absolute Gasteiger partial charge is 0.229 e. The predicted molar refractivity (Wildman–Crippen MR) is 109 cm³/mol. The van der Waals surface area contributed by atoms with E-state index in [1.807, 2.05) is 36.4 Å². The first-order valence-corrected chi connectivity index (χ1v) is 8.77. The largest absolute Gasteiger partial charge is 0.497 e. The maximum atomic E-state index is 12.2. The number of aryl methyl sites for hydroxylation is 2. The summed E-state index contributed by atoms with van der Waals surface area (Å²) in [5.74, 6) is 1.19. The van der Waals surface area contributed by atoms with Gasteiger partial charge >= 0.3 is 0 Å². The molecule has 0 aliphatic rings. The van der Waals surface area contributed by atoms with Crippen LogP contribution in [0.4, 0.5) is 17.2 Å². The van der Waals surface area contributed by atoms with Crippen molar-refractivity contribution in [3.63, 3.8) is 0 Å². The molecule has 138 valence electrons. The molecule has 2 N–H and O–H groups in total. The van der Waals surface area contributed by atoms with Gasteiger partial charge in [-0.1, -0.05) is 30.3 Å². The number of amides is 1. The molecule has 0 radical (unpaired) electrons. The summed E-state index contributed by atoms with van der Waals surface area (Å²) in [6, 6.07) is 17.3. The minimum Gasteiger partial charge on any atom is -0.497 e. The lowest BCUT2D eigenvalue weighted by atomic mass is 10.1. The number of methoxy groups -OCH3 is 1. The molecular weight excluding hydrogens is 338 g/mol. The van der Waals surface area contributed by atoms with Crippen molar-refractivity contribution in [1.29, 1.82) is 0 Å². The van der Waals surface area contributed by atoms with E-state index in [1.54, 1.807) is 19.4 Å². The van der Waals surface area contributed by atoms with E-state index in [2.05, 4.69) is 41.6 Å². The van der Waals surface area contributed by atoms with Crippen molar-refractivity contribution in [3.8, 4) is 5.75 Å². The Balaban J connectivity index is 1.60. The molecule has 0 fully saturated rings. The molecular formula is C22H23N3O2. The standard InChI is InChI=1S/C22H23N3O2/c1-15-5-4-6-16(2)22(15)24-18-9-12-20(23-14-18)25-21(26)13-17-7-10-19(27-3)11-8-17/h4-12,14,24H,13H2,1-3H3,(H,23,25,26). The summed E-state index contributed by atoms with van der Waals surface area (Å²) in [6.07, 6.45) is 2.00. The number of hydrogen-bond donors (Lipinski definition) is 2. The zero-order chi connectivity index (χ0) is 19.2. The Morgan fingerprint density at radius 3 is 2.30 bits per heavy atom. The second-order valence-corrected chi connectivity index (χ2v) is 6.40. The maximum Gasteiger partial charge on any atom is 0.229 e. The first-order chi connectivity index (χ1) is 13.0. The molecule has 0 spiro atoms. The highest BCUT2D eigenvalue weighted by Gasteiger charge is 2.07. The average molecular weight is 361 g/mol. The van der Waals surface area contributed by atoms with Crippen LogP contribution in [0.3, 0.4) is 0 Å². The fraction of sp³-hybridized carbons (Fsp3) is 0.182. The van der Waals surface area contributed by atoms with Crippen molar-refractivity contribution in [2.24, 2.45) is 0 Å². The van der Waals surface area contributed by atoms with E-state index in [-0.39, 0.29) is 12.3 Å². The van der Waals surface area contributed by atoms with E-state index in [4.69, 9.17) is 4.74 Å². The van der Waals surface area contributed by atoms with Gasteiger partial charge in [-0.2, -0.15) is 0 Å². The number of benzene rings is 2. The second-order valence-electron chi connectivity index (χ2n) is 6.40. The van der Waals surface area contributed by atoms with E-state index in [9.17, 15) is 4.79 Å². The van der Waals surface area contributed by atoms with Gasteiger partial charge in [-0.3, -0.25) is 4.79 Å². The molecule has 3 aromatic rings. The van der Waals surface area contributed by atoms with Crippen LogP contribution in [-0.2, 0) is 11.2 Å². The third kappa shape index (κ3) is 4.85. The fourth-order valence-corrected chi connectivity index (χ4v) is 2.81. The summed E-state index contributed by atoms with van der Waals surface area (Å²) in [5, 5.41) is 6.21. The molecule has 1 aromatic heterocycles. The molecule has 1 heterocycles. The molecule has 27 heavy (non-hydrogen) atoms. The Labute approximate surface area is 159 Å². The highest BCUT2D eigenvalue weighted by Crippen LogP contribution is 2.24. The van der Waals surface area contributed by atoms with Gasteiger partial charge in [-0.05, 0) is 54.8 Å². The summed E-state index contributed by atoms with van der Waals surface area (Å²) in [5.41, 5.74) is 5.22. The molecule has 2 aromatic carbocycles. The number of anilines is 3. The van der Waals surface area contributed by atoms with Crippen LogP contribution in [0, 0.1) is 13.8 Å². The van der Waals surface area contributed by atoms with Gasteiger partial charge in [0.1, 0.15) is 11.6 Å². The number of aromatic nitrogens is 1. The summed E-state index contributed by atoms with van der Waals surface area (Å²) >= 11 is 0. The van der Waals surface area contributed by atoms with E-state index < -0.39 is 0 Å². The third-order valence-corrected chi connectivity index (χ3v) is 4.31. The fourth-order valence-electron chi connectivity index (χ4n) is 2.81. The van der Waals surface area contributed by atoms with Crippen LogP contribution in [0.5, 0.6) is 5.75 Å². The van der Waals surface area contributed by atoms with Gasteiger partial charge in [0.2, 0.25) is 5.91 Å². The van der Waals surface area contributed by atoms with Gasteiger partial charge in [0.15, 0.2) is 0 Å². The predicted octanol–water partition coefficient (Wildman–Crippen LogP) is 4.63. The quantitative estimate of drug-likeness (QED) is 0.672. The number of rotatable bonds is 6. The van der Waals surface area contributed by atoms with Crippen molar-refractivity contribution in [1.82, 2.24) is 4.98 Å². The Morgan fingerprint density at radius 2 is 1.70 bits per heavy atom. The number of para-hydroxylation sites is 1. The monoisotopic (exact) mass is 361 g/mol. The number of carbonyl (C=O) groups excluding carboxylic acids is 1. The Bertz CT molecular complexity index is 899. The van der Waals surface area contributed by atoms with E-state index in [1.165, 1.54) is 11.1 Å². The van der Waals surface area contributed by atoms with Crippen LogP contribution >= 0.6 is 0 Å².